The lowest BCUT2D eigenvalue weighted by Gasteiger charge is -2.12. The molecule has 0 saturated heterocycles. The zero-order chi connectivity index (χ0) is 22.3. The van der Waals surface area contributed by atoms with Gasteiger partial charge in [0.1, 0.15) is 16.4 Å². The molecular formula is C22H21NO6S2. The molecule has 0 N–H and O–H groups in total. The normalized spacial score (nSPS) is 11.1. The van der Waals surface area contributed by atoms with Gasteiger partial charge < -0.3 is 8.92 Å². The summed E-state index contributed by atoms with van der Waals surface area (Å²) in [5, 5.41) is 11.2. The average molecular weight is 460 g/mol. The molecule has 3 rings (SSSR count). The van der Waals surface area contributed by atoms with E-state index in [9.17, 15) is 18.5 Å². The highest BCUT2D eigenvalue weighted by Gasteiger charge is 2.25. The monoisotopic (exact) mass is 459 g/mol. The van der Waals surface area contributed by atoms with Crippen LogP contribution in [0.2, 0.25) is 0 Å². The molecule has 0 saturated carbocycles. The van der Waals surface area contributed by atoms with E-state index in [0.717, 1.165) is 29.6 Å². The van der Waals surface area contributed by atoms with Crippen LogP contribution >= 0.6 is 11.8 Å². The highest BCUT2D eigenvalue weighted by molar-refractivity contribution is 8.00. The highest BCUT2D eigenvalue weighted by atomic mass is 32.2. The van der Waals surface area contributed by atoms with Crippen molar-refractivity contribution >= 4 is 27.6 Å². The van der Waals surface area contributed by atoms with Crippen molar-refractivity contribution in [3.8, 4) is 11.5 Å². The Morgan fingerprint density at radius 2 is 1.68 bits per heavy atom. The van der Waals surface area contributed by atoms with Gasteiger partial charge in [-0.25, -0.2) is 0 Å². The van der Waals surface area contributed by atoms with Crippen molar-refractivity contribution in [3.63, 3.8) is 0 Å². The molecule has 0 amide bonds. The van der Waals surface area contributed by atoms with Crippen LogP contribution < -0.4 is 8.92 Å². The quantitative estimate of drug-likeness (QED) is 0.166. The number of hydrogen-bond donors (Lipinski definition) is 0. The SMILES string of the molecule is CCCCOc1ccc(Sc2ccc([N+](=O)[O-])cc2S(=O)(=O)Oc2ccccc2)cc1. The standard InChI is InChI=1S/C22H21NO6S2/c1-2-3-15-28-18-10-12-20(13-11-18)30-21-14-9-17(23(24)25)16-22(21)31(26,27)29-19-7-5-4-6-8-19/h4-14,16H,2-3,15H2,1H3. The molecule has 0 bridgehead atoms. The van der Waals surface area contributed by atoms with E-state index < -0.39 is 15.0 Å². The number of ether oxygens (including phenoxy) is 1. The third-order valence-corrected chi connectivity index (χ3v) is 6.68. The Bertz CT molecular complexity index is 1130. The van der Waals surface area contributed by atoms with Crippen LogP contribution in [0.15, 0.2) is 87.5 Å². The molecule has 0 fully saturated rings. The third kappa shape index (κ3) is 6.22. The number of unbranched alkanes of at least 4 members (excludes halogenated alkanes) is 1. The summed E-state index contributed by atoms with van der Waals surface area (Å²) in [4.78, 5) is 11.4. The van der Waals surface area contributed by atoms with Crippen LogP contribution in [0.5, 0.6) is 11.5 Å². The zero-order valence-corrected chi connectivity index (χ0v) is 18.4. The van der Waals surface area contributed by atoms with Crippen LogP contribution in [-0.4, -0.2) is 19.9 Å². The summed E-state index contributed by atoms with van der Waals surface area (Å²) < 4.78 is 36.6. The van der Waals surface area contributed by atoms with E-state index in [1.165, 1.54) is 36.0 Å². The molecule has 3 aromatic carbocycles. The van der Waals surface area contributed by atoms with Crippen molar-refractivity contribution in [2.24, 2.45) is 0 Å². The predicted molar refractivity (Wildman–Crippen MR) is 118 cm³/mol. The first-order chi connectivity index (χ1) is 14.9. The Hall–Kier alpha value is -3.04. The summed E-state index contributed by atoms with van der Waals surface area (Å²) in [6, 6.07) is 18.9. The van der Waals surface area contributed by atoms with Gasteiger partial charge in [0.25, 0.3) is 5.69 Å². The molecule has 0 aromatic heterocycles. The Morgan fingerprint density at radius 1 is 0.968 bits per heavy atom. The van der Waals surface area contributed by atoms with Crippen LogP contribution in [-0.2, 0) is 10.1 Å². The fraction of sp³-hybridized carbons (Fsp3) is 0.182. The summed E-state index contributed by atoms with van der Waals surface area (Å²) in [7, 11) is -4.29. The molecule has 0 aliphatic carbocycles. The van der Waals surface area contributed by atoms with Gasteiger partial charge in [0.05, 0.1) is 11.5 Å². The van der Waals surface area contributed by atoms with Gasteiger partial charge in [-0.3, -0.25) is 10.1 Å². The Labute approximate surface area is 185 Å². The number of hydrogen-bond acceptors (Lipinski definition) is 7. The smallest absolute Gasteiger partial charge is 0.340 e. The van der Waals surface area contributed by atoms with Crippen molar-refractivity contribution in [1.29, 1.82) is 0 Å². The lowest BCUT2D eigenvalue weighted by atomic mass is 10.3. The molecule has 0 atom stereocenters. The minimum Gasteiger partial charge on any atom is -0.494 e. The van der Waals surface area contributed by atoms with E-state index in [2.05, 4.69) is 6.92 Å². The maximum Gasteiger partial charge on any atom is 0.340 e. The van der Waals surface area contributed by atoms with E-state index in [4.69, 9.17) is 8.92 Å². The summed E-state index contributed by atoms with van der Waals surface area (Å²) in [6.07, 6.45) is 2.00. The van der Waals surface area contributed by atoms with Gasteiger partial charge in [-0.2, -0.15) is 8.42 Å². The molecule has 7 nitrogen and oxygen atoms in total. The lowest BCUT2D eigenvalue weighted by Crippen LogP contribution is -2.11. The van der Waals surface area contributed by atoms with E-state index in [1.807, 2.05) is 12.1 Å². The second-order valence-electron chi connectivity index (χ2n) is 6.51. The minimum atomic E-state index is -4.29. The van der Waals surface area contributed by atoms with Gasteiger partial charge >= 0.3 is 10.1 Å². The van der Waals surface area contributed by atoms with E-state index >= 15 is 0 Å². The van der Waals surface area contributed by atoms with E-state index in [0.29, 0.717) is 11.5 Å². The molecule has 0 unspecified atom stereocenters. The molecule has 162 valence electrons. The number of non-ortho nitro benzene ring substituents is 1. The Balaban J connectivity index is 1.89. The second-order valence-corrected chi connectivity index (χ2v) is 9.14. The van der Waals surface area contributed by atoms with Gasteiger partial charge in [0.15, 0.2) is 0 Å². The third-order valence-electron chi connectivity index (χ3n) is 4.17. The van der Waals surface area contributed by atoms with Crippen LogP contribution in [0.4, 0.5) is 5.69 Å². The number of para-hydroxylation sites is 1. The molecule has 9 heteroatoms. The maximum atomic E-state index is 12.9. The molecule has 0 aliphatic rings. The fourth-order valence-corrected chi connectivity index (χ4v) is 4.89. The van der Waals surface area contributed by atoms with Crippen LogP contribution in [0.1, 0.15) is 19.8 Å². The molecule has 0 aliphatic heterocycles. The van der Waals surface area contributed by atoms with Crippen molar-refractivity contribution in [2.75, 3.05) is 6.61 Å². The van der Waals surface area contributed by atoms with Crippen LogP contribution in [0.3, 0.4) is 0 Å². The maximum absolute atomic E-state index is 12.9. The average Bonchev–Trinajstić information content (AvgIpc) is 2.75. The van der Waals surface area contributed by atoms with Gasteiger partial charge in [-0.15, -0.1) is 0 Å². The number of nitro groups is 1. The molecule has 0 radical (unpaired) electrons. The molecule has 0 spiro atoms. The first kappa shape index (κ1) is 22.6. The first-order valence-corrected chi connectivity index (χ1v) is 11.8. The first-order valence-electron chi connectivity index (χ1n) is 9.58. The summed E-state index contributed by atoms with van der Waals surface area (Å²) in [6.45, 7) is 2.71. The number of nitrogens with zero attached hydrogens (tertiary/aromatic N) is 1. The van der Waals surface area contributed by atoms with Crippen molar-refractivity contribution < 1.29 is 22.3 Å². The van der Waals surface area contributed by atoms with Gasteiger partial charge in [0, 0.05) is 21.9 Å². The zero-order valence-electron chi connectivity index (χ0n) is 16.8. The summed E-state index contributed by atoms with van der Waals surface area (Å²) in [5.74, 6) is 0.847. The number of rotatable bonds is 10. The van der Waals surface area contributed by atoms with Gasteiger partial charge in [-0.05, 0) is 48.9 Å². The fourth-order valence-electron chi connectivity index (χ4n) is 2.60. The Kier molecular flexibility index (Phi) is 7.54. The van der Waals surface area contributed by atoms with E-state index in [1.54, 1.807) is 30.3 Å². The molecule has 0 heterocycles. The van der Waals surface area contributed by atoms with Crippen LogP contribution in [0.25, 0.3) is 0 Å². The summed E-state index contributed by atoms with van der Waals surface area (Å²) in [5.41, 5.74) is -0.334. The second kappa shape index (κ2) is 10.3. The number of nitro benzene ring substituents is 1. The van der Waals surface area contributed by atoms with Gasteiger partial charge in [0.2, 0.25) is 0 Å². The Morgan fingerprint density at radius 3 is 2.32 bits per heavy atom. The minimum absolute atomic E-state index is 0.124. The molecule has 3 aromatic rings. The summed E-state index contributed by atoms with van der Waals surface area (Å²) >= 11 is 1.17. The van der Waals surface area contributed by atoms with Gasteiger partial charge in [-0.1, -0.05) is 43.3 Å². The van der Waals surface area contributed by atoms with E-state index in [-0.39, 0.29) is 16.3 Å². The largest absolute Gasteiger partial charge is 0.494 e. The number of benzene rings is 3. The van der Waals surface area contributed by atoms with Crippen molar-refractivity contribution in [3.05, 3.63) is 82.9 Å². The topological polar surface area (TPSA) is 95.7 Å². The van der Waals surface area contributed by atoms with Crippen LogP contribution in [0, 0.1) is 10.1 Å². The lowest BCUT2D eigenvalue weighted by molar-refractivity contribution is -0.385. The highest BCUT2D eigenvalue weighted by Crippen LogP contribution is 2.36. The van der Waals surface area contributed by atoms with Crippen molar-refractivity contribution in [1.82, 2.24) is 0 Å². The molecular weight excluding hydrogens is 438 g/mol. The molecule has 31 heavy (non-hydrogen) atoms. The predicted octanol–water partition coefficient (Wildman–Crippen LogP) is 5.69. The van der Waals surface area contributed by atoms with Crippen molar-refractivity contribution in [2.45, 2.75) is 34.5 Å².